The van der Waals surface area contributed by atoms with Gasteiger partial charge in [-0.15, -0.1) is 0 Å². The van der Waals surface area contributed by atoms with Crippen LogP contribution in [0, 0.1) is 10.1 Å². The van der Waals surface area contributed by atoms with Crippen molar-refractivity contribution in [1.29, 1.82) is 0 Å². The van der Waals surface area contributed by atoms with E-state index in [2.05, 4.69) is 10.3 Å². The first-order valence-corrected chi connectivity index (χ1v) is 6.60. The molecule has 1 aromatic carbocycles. The van der Waals surface area contributed by atoms with E-state index in [4.69, 9.17) is 0 Å². The molecule has 3 aromatic rings. The summed E-state index contributed by atoms with van der Waals surface area (Å²) in [5, 5.41) is 14.4. The number of pyridine rings is 1. The van der Waals surface area contributed by atoms with Gasteiger partial charge in [-0.2, -0.15) is 9.38 Å². The Hall–Kier alpha value is -2.89. The van der Waals surface area contributed by atoms with Crippen LogP contribution in [0.1, 0.15) is 18.5 Å². The molecule has 0 aliphatic heterocycles. The molecule has 0 unspecified atom stereocenters. The number of nitrogens with zero attached hydrogens (tertiary/aromatic N) is 3. The molecule has 6 heteroatoms. The van der Waals surface area contributed by atoms with Gasteiger partial charge < -0.3 is 15.4 Å². The van der Waals surface area contributed by atoms with Crippen LogP contribution in [0.5, 0.6) is 0 Å². The third kappa shape index (κ3) is 2.43. The van der Waals surface area contributed by atoms with Gasteiger partial charge in [0, 0.05) is 6.07 Å². The molecular formula is C15H14N4O2. The molecule has 0 saturated carbocycles. The molecule has 2 aromatic heterocycles. The summed E-state index contributed by atoms with van der Waals surface area (Å²) in [7, 11) is 0. The van der Waals surface area contributed by atoms with Crippen molar-refractivity contribution >= 4 is 17.3 Å². The van der Waals surface area contributed by atoms with E-state index < -0.39 is 4.92 Å². The van der Waals surface area contributed by atoms with Crippen molar-refractivity contribution in [2.45, 2.75) is 13.0 Å². The first-order valence-electron chi connectivity index (χ1n) is 6.60. The molecule has 0 fully saturated rings. The lowest BCUT2D eigenvalue weighted by molar-refractivity contribution is -0.389. The summed E-state index contributed by atoms with van der Waals surface area (Å²) in [6, 6.07) is 15.0. The summed E-state index contributed by atoms with van der Waals surface area (Å²) in [6.07, 6.45) is 1.64. The Morgan fingerprint density at radius 1 is 1.19 bits per heavy atom. The first kappa shape index (κ1) is 13.1. The number of nitrogens with one attached hydrogen (secondary N) is 1. The number of hydrogen-bond donors (Lipinski definition) is 1. The van der Waals surface area contributed by atoms with E-state index in [0.717, 1.165) is 5.56 Å². The Labute approximate surface area is 121 Å². The van der Waals surface area contributed by atoms with Crippen molar-refractivity contribution in [1.82, 2.24) is 9.38 Å². The van der Waals surface area contributed by atoms with Crippen LogP contribution in [-0.2, 0) is 0 Å². The zero-order valence-electron chi connectivity index (χ0n) is 11.4. The summed E-state index contributed by atoms with van der Waals surface area (Å²) >= 11 is 0. The molecule has 0 spiro atoms. The van der Waals surface area contributed by atoms with Crippen molar-refractivity contribution in [2.24, 2.45) is 0 Å². The highest BCUT2D eigenvalue weighted by atomic mass is 16.6. The number of aromatic nitrogens is 2. The molecule has 0 aliphatic carbocycles. The minimum atomic E-state index is -0.417. The normalized spacial score (nSPS) is 12.2. The van der Waals surface area contributed by atoms with Crippen LogP contribution in [-0.4, -0.2) is 14.3 Å². The Morgan fingerprint density at radius 2 is 1.90 bits per heavy atom. The van der Waals surface area contributed by atoms with Crippen LogP contribution in [0.3, 0.4) is 0 Å². The van der Waals surface area contributed by atoms with E-state index in [0.29, 0.717) is 5.65 Å². The summed E-state index contributed by atoms with van der Waals surface area (Å²) in [6.45, 7) is 1.95. The topological polar surface area (TPSA) is 72.5 Å². The minimum absolute atomic E-state index is 0.0478. The number of anilines is 1. The number of fused-ring (bicyclic) bond motifs is 1. The average Bonchev–Trinajstić information content (AvgIpc) is 2.86. The average molecular weight is 282 g/mol. The van der Waals surface area contributed by atoms with Gasteiger partial charge in [0.1, 0.15) is 0 Å². The van der Waals surface area contributed by atoms with E-state index in [1.165, 1.54) is 4.40 Å². The number of hydrogen-bond acceptors (Lipinski definition) is 4. The zero-order valence-corrected chi connectivity index (χ0v) is 11.4. The summed E-state index contributed by atoms with van der Waals surface area (Å²) in [5.74, 6) is 0.232. The molecule has 3 rings (SSSR count). The quantitative estimate of drug-likeness (QED) is 0.588. The maximum Gasteiger partial charge on any atom is 0.372 e. The van der Waals surface area contributed by atoms with E-state index in [9.17, 15) is 10.1 Å². The maximum atomic E-state index is 11.3. The van der Waals surface area contributed by atoms with Gasteiger partial charge in [0.05, 0.1) is 12.2 Å². The maximum absolute atomic E-state index is 11.3. The molecule has 0 saturated heterocycles. The van der Waals surface area contributed by atoms with Gasteiger partial charge >= 0.3 is 5.82 Å². The molecule has 2 heterocycles. The Morgan fingerprint density at radius 3 is 2.62 bits per heavy atom. The standard InChI is InChI=1S/C15H14N4O2/c1-11(12-7-3-2-4-8-12)16-14-15(19(20)21)18-10-6-5-9-13(18)17-14/h2-11,16H,1H3/t11-/m0/s1. The van der Waals surface area contributed by atoms with Crippen molar-refractivity contribution in [3.05, 3.63) is 70.4 Å². The van der Waals surface area contributed by atoms with Gasteiger partial charge in [-0.1, -0.05) is 36.4 Å². The van der Waals surface area contributed by atoms with Gasteiger partial charge in [0.2, 0.25) is 11.5 Å². The van der Waals surface area contributed by atoms with E-state index in [1.807, 2.05) is 37.3 Å². The fourth-order valence-electron chi connectivity index (χ4n) is 2.28. The predicted molar refractivity (Wildman–Crippen MR) is 80.3 cm³/mol. The SMILES string of the molecule is C[C@H](Nc1nc2ccccn2c1[N+](=O)[O-])c1ccccc1. The number of rotatable bonds is 4. The lowest BCUT2D eigenvalue weighted by atomic mass is 10.1. The number of nitro groups is 1. The second-order valence-corrected chi connectivity index (χ2v) is 4.75. The number of imidazole rings is 1. The van der Waals surface area contributed by atoms with Crippen molar-refractivity contribution < 1.29 is 4.92 Å². The second kappa shape index (κ2) is 5.24. The molecule has 0 amide bonds. The predicted octanol–water partition coefficient (Wildman–Crippen LogP) is 3.42. The molecular weight excluding hydrogens is 268 g/mol. The Balaban J connectivity index is 2.00. The minimum Gasteiger partial charge on any atom is -0.358 e. The molecule has 106 valence electrons. The van der Waals surface area contributed by atoms with Gasteiger partial charge in [0.15, 0.2) is 0 Å². The third-order valence-electron chi connectivity index (χ3n) is 3.33. The van der Waals surface area contributed by atoms with Gasteiger partial charge in [-0.3, -0.25) is 0 Å². The van der Waals surface area contributed by atoms with Crippen molar-refractivity contribution in [3.63, 3.8) is 0 Å². The van der Waals surface area contributed by atoms with Crippen molar-refractivity contribution in [3.8, 4) is 0 Å². The molecule has 0 radical (unpaired) electrons. The molecule has 1 atom stereocenters. The van der Waals surface area contributed by atoms with Crippen molar-refractivity contribution in [2.75, 3.05) is 5.32 Å². The fraction of sp³-hybridized carbons (Fsp3) is 0.133. The van der Waals surface area contributed by atoms with Gasteiger partial charge in [0.25, 0.3) is 0 Å². The molecule has 1 N–H and O–H groups in total. The highest BCUT2D eigenvalue weighted by Crippen LogP contribution is 2.28. The van der Waals surface area contributed by atoms with Crippen LogP contribution in [0.2, 0.25) is 0 Å². The van der Waals surface area contributed by atoms with Crippen LogP contribution in [0.25, 0.3) is 5.65 Å². The van der Waals surface area contributed by atoms with Gasteiger partial charge in [-0.05, 0) is 23.5 Å². The largest absolute Gasteiger partial charge is 0.372 e. The highest BCUT2D eigenvalue weighted by Gasteiger charge is 2.23. The van der Waals surface area contributed by atoms with E-state index in [1.54, 1.807) is 24.4 Å². The Bertz CT molecular complexity index is 783. The molecule has 21 heavy (non-hydrogen) atoms. The lowest BCUT2D eigenvalue weighted by Gasteiger charge is -2.13. The lowest BCUT2D eigenvalue weighted by Crippen LogP contribution is -2.08. The van der Waals surface area contributed by atoms with E-state index in [-0.39, 0.29) is 17.7 Å². The number of benzene rings is 1. The summed E-state index contributed by atoms with van der Waals surface area (Å²) < 4.78 is 1.47. The van der Waals surface area contributed by atoms with Crippen LogP contribution in [0.4, 0.5) is 11.6 Å². The third-order valence-corrected chi connectivity index (χ3v) is 3.33. The molecule has 0 bridgehead atoms. The van der Waals surface area contributed by atoms with Crippen LogP contribution >= 0.6 is 0 Å². The smallest absolute Gasteiger partial charge is 0.358 e. The monoisotopic (exact) mass is 282 g/mol. The highest BCUT2D eigenvalue weighted by molar-refractivity contribution is 5.62. The summed E-state index contributed by atoms with van der Waals surface area (Å²) in [4.78, 5) is 15.2. The second-order valence-electron chi connectivity index (χ2n) is 4.75. The van der Waals surface area contributed by atoms with E-state index >= 15 is 0 Å². The summed E-state index contributed by atoms with van der Waals surface area (Å²) in [5.41, 5.74) is 1.59. The molecule has 0 aliphatic rings. The fourth-order valence-corrected chi connectivity index (χ4v) is 2.28. The molecule has 6 nitrogen and oxygen atoms in total. The zero-order chi connectivity index (χ0) is 14.8. The Kier molecular flexibility index (Phi) is 3.27. The van der Waals surface area contributed by atoms with Crippen LogP contribution in [0.15, 0.2) is 54.7 Å². The van der Waals surface area contributed by atoms with Gasteiger partial charge in [-0.25, -0.2) is 0 Å². The van der Waals surface area contributed by atoms with Crippen LogP contribution < -0.4 is 5.32 Å². The first-order chi connectivity index (χ1) is 10.2.